The van der Waals surface area contributed by atoms with E-state index in [-0.39, 0.29) is 0 Å². The summed E-state index contributed by atoms with van der Waals surface area (Å²) in [6.07, 6.45) is 6.48. The second kappa shape index (κ2) is 3.27. The van der Waals surface area contributed by atoms with E-state index in [0.29, 0.717) is 6.04 Å². The van der Waals surface area contributed by atoms with Crippen LogP contribution in [0.2, 0.25) is 0 Å². The molecule has 12 heavy (non-hydrogen) atoms. The van der Waals surface area contributed by atoms with Gasteiger partial charge in [-0.2, -0.15) is 5.10 Å². The predicted octanol–water partition coefficient (Wildman–Crippen LogP) is 1.15. The van der Waals surface area contributed by atoms with Gasteiger partial charge in [0.1, 0.15) is 0 Å². The smallest absolute Gasteiger partial charge is 0.0646 e. The normalized spacial score (nSPS) is 25.9. The first kappa shape index (κ1) is 7.80. The van der Waals surface area contributed by atoms with Crippen molar-refractivity contribution in [3.8, 4) is 0 Å². The first-order chi connectivity index (χ1) is 5.86. The number of piperidine rings is 1. The molecule has 3 nitrogen and oxygen atoms in total. The zero-order valence-electron chi connectivity index (χ0n) is 7.48. The van der Waals surface area contributed by atoms with E-state index in [1.807, 2.05) is 12.3 Å². The van der Waals surface area contributed by atoms with Gasteiger partial charge < -0.3 is 4.90 Å². The summed E-state index contributed by atoms with van der Waals surface area (Å²) in [6, 6.07) is 2.59. The lowest BCUT2D eigenvalue weighted by molar-refractivity contribution is 0.202. The highest BCUT2D eigenvalue weighted by Gasteiger charge is 2.18. The molecule has 0 unspecified atom stereocenters. The standard InChI is InChI=1S/C9H15N3/c1-11-6-2-4-9(8-11)12-7-3-5-10-12/h3,5,7,9H,2,4,6,8H2,1H3/t9-/m1/s1. The second-order valence-electron chi connectivity index (χ2n) is 3.54. The molecular weight excluding hydrogens is 150 g/mol. The summed E-state index contributed by atoms with van der Waals surface area (Å²) >= 11 is 0. The fraction of sp³-hybridized carbons (Fsp3) is 0.667. The van der Waals surface area contributed by atoms with Crippen LogP contribution in [-0.2, 0) is 0 Å². The molecule has 0 radical (unpaired) electrons. The SMILES string of the molecule is CN1CCC[C@@H](n2cccn2)C1. The van der Waals surface area contributed by atoms with Crippen molar-refractivity contribution in [2.75, 3.05) is 20.1 Å². The largest absolute Gasteiger partial charge is 0.304 e. The number of likely N-dealkylation sites (N-methyl/N-ethyl adjacent to an activating group) is 1. The van der Waals surface area contributed by atoms with Crippen LogP contribution in [0.15, 0.2) is 18.5 Å². The Labute approximate surface area is 73.0 Å². The third kappa shape index (κ3) is 1.50. The van der Waals surface area contributed by atoms with E-state index in [4.69, 9.17) is 0 Å². The minimum absolute atomic E-state index is 0.596. The van der Waals surface area contributed by atoms with Crippen LogP contribution >= 0.6 is 0 Å². The number of nitrogens with zero attached hydrogens (tertiary/aromatic N) is 3. The lowest BCUT2D eigenvalue weighted by Crippen LogP contribution is -2.33. The molecule has 3 heteroatoms. The highest BCUT2D eigenvalue weighted by molar-refractivity contribution is 4.84. The number of hydrogen-bond acceptors (Lipinski definition) is 2. The molecule has 0 spiro atoms. The van der Waals surface area contributed by atoms with Crippen LogP contribution in [-0.4, -0.2) is 34.8 Å². The van der Waals surface area contributed by atoms with Crippen molar-refractivity contribution in [1.29, 1.82) is 0 Å². The topological polar surface area (TPSA) is 21.1 Å². The molecule has 0 aliphatic carbocycles. The van der Waals surface area contributed by atoms with Crippen molar-refractivity contribution in [2.45, 2.75) is 18.9 Å². The minimum atomic E-state index is 0.596. The van der Waals surface area contributed by atoms with Crippen LogP contribution in [0, 0.1) is 0 Å². The second-order valence-corrected chi connectivity index (χ2v) is 3.54. The highest BCUT2D eigenvalue weighted by atomic mass is 15.3. The summed E-state index contributed by atoms with van der Waals surface area (Å²) in [5.41, 5.74) is 0. The fourth-order valence-corrected chi connectivity index (χ4v) is 1.85. The van der Waals surface area contributed by atoms with Gasteiger partial charge in [0.2, 0.25) is 0 Å². The summed E-state index contributed by atoms with van der Waals surface area (Å²) in [5.74, 6) is 0. The summed E-state index contributed by atoms with van der Waals surface area (Å²) in [6.45, 7) is 2.37. The molecule has 1 atom stereocenters. The van der Waals surface area contributed by atoms with Crippen LogP contribution in [0.3, 0.4) is 0 Å². The maximum Gasteiger partial charge on any atom is 0.0646 e. The van der Waals surface area contributed by atoms with Crippen molar-refractivity contribution in [3.05, 3.63) is 18.5 Å². The first-order valence-electron chi connectivity index (χ1n) is 4.54. The summed E-state index contributed by atoms with van der Waals surface area (Å²) in [7, 11) is 2.18. The monoisotopic (exact) mass is 165 g/mol. The molecule has 2 rings (SSSR count). The predicted molar refractivity (Wildman–Crippen MR) is 48.0 cm³/mol. The Morgan fingerprint density at radius 1 is 1.50 bits per heavy atom. The summed E-state index contributed by atoms with van der Waals surface area (Å²) < 4.78 is 2.08. The molecule has 66 valence electrons. The molecule has 0 N–H and O–H groups in total. The van der Waals surface area contributed by atoms with Gasteiger partial charge >= 0.3 is 0 Å². The molecule has 1 fully saturated rings. The zero-order chi connectivity index (χ0) is 8.39. The Balaban J connectivity index is 2.04. The van der Waals surface area contributed by atoms with Gasteiger partial charge in [-0.15, -0.1) is 0 Å². The summed E-state index contributed by atoms with van der Waals surface area (Å²) in [4.78, 5) is 2.37. The van der Waals surface area contributed by atoms with Gasteiger partial charge in [-0.05, 0) is 32.5 Å². The van der Waals surface area contributed by atoms with Crippen LogP contribution in [0.1, 0.15) is 18.9 Å². The van der Waals surface area contributed by atoms with E-state index in [1.165, 1.54) is 19.4 Å². The van der Waals surface area contributed by atoms with Crippen molar-refractivity contribution < 1.29 is 0 Å². The Morgan fingerprint density at radius 3 is 3.08 bits per heavy atom. The number of likely N-dealkylation sites (tertiary alicyclic amines) is 1. The van der Waals surface area contributed by atoms with Crippen molar-refractivity contribution in [2.24, 2.45) is 0 Å². The number of aromatic nitrogens is 2. The molecular formula is C9H15N3. The third-order valence-electron chi connectivity index (χ3n) is 2.50. The average Bonchev–Trinajstić information content (AvgIpc) is 2.56. The molecule has 0 saturated carbocycles. The van der Waals surface area contributed by atoms with Gasteiger partial charge in [-0.3, -0.25) is 4.68 Å². The van der Waals surface area contributed by atoms with E-state index in [2.05, 4.69) is 27.9 Å². The fourth-order valence-electron chi connectivity index (χ4n) is 1.85. The molecule has 1 saturated heterocycles. The lowest BCUT2D eigenvalue weighted by Gasteiger charge is -2.29. The van der Waals surface area contributed by atoms with Crippen LogP contribution in [0.25, 0.3) is 0 Å². The molecule has 1 aromatic heterocycles. The van der Waals surface area contributed by atoms with E-state index < -0.39 is 0 Å². The molecule has 1 aromatic rings. The minimum Gasteiger partial charge on any atom is -0.304 e. The van der Waals surface area contributed by atoms with Gasteiger partial charge in [-0.25, -0.2) is 0 Å². The van der Waals surface area contributed by atoms with Gasteiger partial charge in [0, 0.05) is 18.9 Å². The quantitative estimate of drug-likeness (QED) is 0.622. The maximum atomic E-state index is 4.26. The highest BCUT2D eigenvalue weighted by Crippen LogP contribution is 2.18. The maximum absolute atomic E-state index is 4.26. The molecule has 0 aromatic carbocycles. The molecule has 1 aliphatic heterocycles. The van der Waals surface area contributed by atoms with Gasteiger partial charge in [0.05, 0.1) is 6.04 Å². The lowest BCUT2D eigenvalue weighted by atomic mass is 10.1. The van der Waals surface area contributed by atoms with Crippen molar-refractivity contribution >= 4 is 0 Å². The van der Waals surface area contributed by atoms with Gasteiger partial charge in [-0.1, -0.05) is 0 Å². The molecule has 0 amide bonds. The zero-order valence-corrected chi connectivity index (χ0v) is 7.48. The van der Waals surface area contributed by atoms with Gasteiger partial charge in [0.25, 0.3) is 0 Å². The third-order valence-corrected chi connectivity index (χ3v) is 2.50. The van der Waals surface area contributed by atoms with E-state index in [9.17, 15) is 0 Å². The van der Waals surface area contributed by atoms with Gasteiger partial charge in [0.15, 0.2) is 0 Å². The summed E-state index contributed by atoms with van der Waals surface area (Å²) in [5, 5.41) is 4.26. The van der Waals surface area contributed by atoms with Crippen molar-refractivity contribution in [1.82, 2.24) is 14.7 Å². The molecule has 2 heterocycles. The average molecular weight is 165 g/mol. The van der Waals surface area contributed by atoms with E-state index in [1.54, 1.807) is 0 Å². The number of hydrogen-bond donors (Lipinski definition) is 0. The Morgan fingerprint density at radius 2 is 2.42 bits per heavy atom. The molecule has 0 bridgehead atoms. The van der Waals surface area contributed by atoms with E-state index >= 15 is 0 Å². The Kier molecular flexibility index (Phi) is 2.13. The number of rotatable bonds is 1. The van der Waals surface area contributed by atoms with Crippen LogP contribution < -0.4 is 0 Å². The first-order valence-corrected chi connectivity index (χ1v) is 4.54. The van der Waals surface area contributed by atoms with Crippen LogP contribution in [0.5, 0.6) is 0 Å². The Hall–Kier alpha value is -0.830. The Bertz CT molecular complexity index is 230. The van der Waals surface area contributed by atoms with Crippen LogP contribution in [0.4, 0.5) is 0 Å². The van der Waals surface area contributed by atoms with Crippen molar-refractivity contribution in [3.63, 3.8) is 0 Å². The molecule has 1 aliphatic rings. The van der Waals surface area contributed by atoms with E-state index in [0.717, 1.165) is 6.54 Å².